The lowest BCUT2D eigenvalue weighted by Gasteiger charge is -2.44. The van der Waals surface area contributed by atoms with Gasteiger partial charge in [-0.1, -0.05) is 33.6 Å². The molecule has 78 valence electrons. The Morgan fingerprint density at radius 3 is 2.31 bits per heavy atom. The summed E-state index contributed by atoms with van der Waals surface area (Å²) in [6, 6.07) is 0. The molecule has 1 aliphatic rings. The fraction of sp³-hybridized carbons (Fsp3) is 1.00. The molecule has 0 bridgehead atoms. The summed E-state index contributed by atoms with van der Waals surface area (Å²) < 4.78 is 14.4. The van der Waals surface area contributed by atoms with Crippen molar-refractivity contribution >= 4 is 0 Å². The lowest BCUT2D eigenvalue weighted by Crippen LogP contribution is -2.42. The molecule has 0 aromatic rings. The average Bonchev–Trinajstić information content (AvgIpc) is 2.12. The van der Waals surface area contributed by atoms with E-state index in [2.05, 4.69) is 13.8 Å². The van der Waals surface area contributed by atoms with E-state index in [-0.39, 0.29) is 0 Å². The Balaban J connectivity index is 2.47. The third kappa shape index (κ3) is 2.24. The molecule has 0 aliphatic heterocycles. The summed E-state index contributed by atoms with van der Waals surface area (Å²) in [7, 11) is 0. The van der Waals surface area contributed by atoms with Crippen LogP contribution < -0.4 is 0 Å². The van der Waals surface area contributed by atoms with Crippen LogP contribution in [0.3, 0.4) is 0 Å². The lowest BCUT2D eigenvalue weighted by atomic mass is 9.64. The van der Waals surface area contributed by atoms with Gasteiger partial charge >= 0.3 is 0 Å². The lowest BCUT2D eigenvalue weighted by molar-refractivity contribution is -0.0208. The molecule has 0 aromatic carbocycles. The van der Waals surface area contributed by atoms with E-state index in [1.165, 1.54) is 6.42 Å². The first kappa shape index (κ1) is 11.0. The molecule has 0 N–H and O–H groups in total. The molecular formula is C12H23F. The molecule has 0 spiro atoms. The molecule has 0 heterocycles. The second kappa shape index (κ2) is 4.43. The van der Waals surface area contributed by atoms with Crippen LogP contribution >= 0.6 is 0 Å². The highest BCUT2D eigenvalue weighted by atomic mass is 19.1. The first-order valence-electron chi connectivity index (χ1n) is 5.83. The van der Waals surface area contributed by atoms with Crippen molar-refractivity contribution in [1.29, 1.82) is 0 Å². The second-order valence-electron chi connectivity index (χ2n) is 4.65. The molecule has 1 fully saturated rings. The summed E-state index contributed by atoms with van der Waals surface area (Å²) in [5.74, 6) is 0.992. The minimum Gasteiger partial charge on any atom is -0.244 e. The Bertz CT molecular complexity index is 155. The molecule has 0 saturated heterocycles. The molecular weight excluding hydrogens is 163 g/mol. The molecule has 1 rings (SSSR count). The van der Waals surface area contributed by atoms with Crippen molar-refractivity contribution in [2.24, 2.45) is 11.8 Å². The number of rotatable bonds is 5. The molecule has 1 heteroatoms. The van der Waals surface area contributed by atoms with Crippen molar-refractivity contribution < 1.29 is 4.39 Å². The van der Waals surface area contributed by atoms with Crippen LogP contribution in [0.4, 0.5) is 4.39 Å². The van der Waals surface area contributed by atoms with Gasteiger partial charge in [-0.3, -0.25) is 0 Å². The Morgan fingerprint density at radius 2 is 2.00 bits per heavy atom. The van der Waals surface area contributed by atoms with Crippen molar-refractivity contribution in [1.82, 2.24) is 0 Å². The topological polar surface area (TPSA) is 0 Å². The Kier molecular flexibility index (Phi) is 3.75. The van der Waals surface area contributed by atoms with Gasteiger partial charge in [-0.15, -0.1) is 0 Å². The van der Waals surface area contributed by atoms with Gasteiger partial charge in [0.05, 0.1) is 0 Å². The van der Waals surface area contributed by atoms with Crippen molar-refractivity contribution in [2.45, 2.75) is 65.0 Å². The summed E-state index contributed by atoms with van der Waals surface area (Å²) in [5, 5.41) is 0. The van der Waals surface area contributed by atoms with Gasteiger partial charge < -0.3 is 0 Å². The molecule has 13 heavy (non-hydrogen) atoms. The van der Waals surface area contributed by atoms with Gasteiger partial charge in [-0.05, 0) is 37.5 Å². The van der Waals surface area contributed by atoms with Crippen LogP contribution in [0.15, 0.2) is 0 Å². The van der Waals surface area contributed by atoms with Gasteiger partial charge in [0.15, 0.2) is 0 Å². The smallest absolute Gasteiger partial charge is 0.113 e. The largest absolute Gasteiger partial charge is 0.244 e. The molecule has 1 saturated carbocycles. The van der Waals surface area contributed by atoms with E-state index in [9.17, 15) is 4.39 Å². The van der Waals surface area contributed by atoms with Gasteiger partial charge in [-0.25, -0.2) is 4.39 Å². The predicted molar refractivity (Wildman–Crippen MR) is 55.5 cm³/mol. The van der Waals surface area contributed by atoms with Gasteiger partial charge in [0.2, 0.25) is 0 Å². The third-order valence-electron chi connectivity index (χ3n) is 3.82. The second-order valence-corrected chi connectivity index (χ2v) is 4.65. The van der Waals surface area contributed by atoms with Gasteiger partial charge in [0.1, 0.15) is 5.67 Å². The normalized spacial score (nSPS) is 32.3. The van der Waals surface area contributed by atoms with Crippen molar-refractivity contribution in [3.8, 4) is 0 Å². The van der Waals surface area contributed by atoms with Gasteiger partial charge in [-0.2, -0.15) is 0 Å². The monoisotopic (exact) mass is 186 g/mol. The summed E-state index contributed by atoms with van der Waals surface area (Å²) in [4.78, 5) is 0. The van der Waals surface area contributed by atoms with Crippen LogP contribution in [0, 0.1) is 11.8 Å². The quantitative estimate of drug-likeness (QED) is 0.599. The van der Waals surface area contributed by atoms with Crippen molar-refractivity contribution in [3.05, 3.63) is 0 Å². The van der Waals surface area contributed by atoms with E-state index in [4.69, 9.17) is 0 Å². The minimum absolute atomic E-state index is 0.365. The summed E-state index contributed by atoms with van der Waals surface area (Å²) >= 11 is 0. The molecule has 0 aromatic heterocycles. The van der Waals surface area contributed by atoms with Crippen LogP contribution in [0.25, 0.3) is 0 Å². The molecule has 1 aliphatic carbocycles. The van der Waals surface area contributed by atoms with E-state index < -0.39 is 5.67 Å². The van der Waals surface area contributed by atoms with Gasteiger partial charge in [0.25, 0.3) is 0 Å². The van der Waals surface area contributed by atoms with Crippen molar-refractivity contribution in [3.63, 3.8) is 0 Å². The minimum atomic E-state index is -0.840. The number of alkyl halides is 1. The molecule has 0 nitrogen and oxygen atoms in total. The van der Waals surface area contributed by atoms with Crippen molar-refractivity contribution in [2.75, 3.05) is 0 Å². The van der Waals surface area contributed by atoms with Crippen LogP contribution in [0.2, 0.25) is 0 Å². The number of hydrogen-bond acceptors (Lipinski definition) is 0. The summed E-state index contributed by atoms with van der Waals surface area (Å²) in [6.45, 7) is 6.34. The number of hydrogen-bond donors (Lipinski definition) is 0. The highest BCUT2D eigenvalue weighted by molar-refractivity contribution is 4.94. The number of halogens is 1. The first-order valence-corrected chi connectivity index (χ1v) is 5.83. The molecule has 0 amide bonds. The van der Waals surface area contributed by atoms with E-state index in [1.54, 1.807) is 0 Å². The zero-order valence-corrected chi connectivity index (χ0v) is 9.28. The maximum Gasteiger partial charge on any atom is 0.113 e. The molecule has 0 radical (unpaired) electrons. The van der Waals surface area contributed by atoms with Crippen LogP contribution in [0.5, 0.6) is 0 Å². The Morgan fingerprint density at radius 1 is 1.31 bits per heavy atom. The average molecular weight is 186 g/mol. The van der Waals surface area contributed by atoms with E-state index in [1.807, 2.05) is 6.92 Å². The maximum absolute atomic E-state index is 14.4. The highest BCUT2D eigenvalue weighted by Gasteiger charge is 2.44. The Hall–Kier alpha value is -0.0700. The summed E-state index contributed by atoms with van der Waals surface area (Å²) in [5.41, 5.74) is -0.840. The van der Waals surface area contributed by atoms with E-state index in [0.717, 1.165) is 25.7 Å². The van der Waals surface area contributed by atoms with Crippen LogP contribution in [0.1, 0.15) is 59.3 Å². The maximum atomic E-state index is 14.4. The van der Waals surface area contributed by atoms with E-state index in [0.29, 0.717) is 18.3 Å². The van der Waals surface area contributed by atoms with E-state index >= 15 is 0 Å². The van der Waals surface area contributed by atoms with Crippen LogP contribution in [-0.4, -0.2) is 5.67 Å². The third-order valence-corrected chi connectivity index (χ3v) is 3.82. The fourth-order valence-corrected chi connectivity index (χ4v) is 2.53. The standard InChI is InChI=1S/C12H23F/c1-4-6-9-12(13,5-2)11-8-7-10(11)3/h10-11H,4-9H2,1-3H3/t10?,11-,12?/m1/s1. The summed E-state index contributed by atoms with van der Waals surface area (Å²) in [6.07, 6.45) is 6.02. The molecule has 3 atom stereocenters. The van der Waals surface area contributed by atoms with Gasteiger partial charge in [0, 0.05) is 0 Å². The predicted octanol–water partition coefficient (Wildman–Crippen LogP) is 4.34. The SMILES string of the molecule is CCCCC(F)(CC)[C@@H]1CCC1C. The zero-order chi connectivity index (χ0) is 9.90. The zero-order valence-electron chi connectivity index (χ0n) is 9.28. The number of unbranched alkanes of at least 4 members (excludes halogenated alkanes) is 1. The fourth-order valence-electron chi connectivity index (χ4n) is 2.53. The van der Waals surface area contributed by atoms with Crippen LogP contribution in [-0.2, 0) is 0 Å². The Labute approximate surface area is 81.9 Å². The highest BCUT2D eigenvalue weighted by Crippen LogP contribution is 2.47. The molecule has 2 unspecified atom stereocenters. The first-order chi connectivity index (χ1) is 6.14.